The highest BCUT2D eigenvalue weighted by Gasteiger charge is 2.16. The normalized spacial score (nSPS) is 14.2. The van der Waals surface area contributed by atoms with Crippen molar-refractivity contribution in [3.63, 3.8) is 0 Å². The Morgan fingerprint density at radius 3 is 1.90 bits per heavy atom. The highest BCUT2D eigenvalue weighted by Crippen LogP contribution is 2.28. The Morgan fingerprint density at radius 2 is 1.50 bits per heavy atom. The summed E-state index contributed by atoms with van der Waals surface area (Å²) in [4.78, 5) is 0. The molecule has 0 aromatic heterocycles. The molecular weight excluding hydrogens is 240 g/mol. The largest absolute Gasteiger partial charge is 0.0820 e. The Balaban J connectivity index is 4.81. The van der Waals surface area contributed by atoms with Gasteiger partial charge in [0, 0.05) is 0 Å². The molecule has 0 heteroatoms. The standard InChI is InChI=1S/C20H36/c1-15(2)11-9-10-12-19(17(5)6)14-20(18(7)8)13-16(3)4/h9-12,15-16,18,20H,13-14H2,1-8H3/b11-9-,12-10-. The van der Waals surface area contributed by atoms with Crippen LogP contribution in [0.5, 0.6) is 0 Å². The molecule has 0 aromatic rings. The zero-order valence-electron chi connectivity index (χ0n) is 15.0. The summed E-state index contributed by atoms with van der Waals surface area (Å²) in [6, 6.07) is 0. The molecule has 116 valence electrons. The molecule has 0 heterocycles. The first-order valence-electron chi connectivity index (χ1n) is 8.25. The van der Waals surface area contributed by atoms with Gasteiger partial charge in [0.05, 0.1) is 0 Å². The van der Waals surface area contributed by atoms with Crippen molar-refractivity contribution in [1.29, 1.82) is 0 Å². The van der Waals surface area contributed by atoms with Crippen LogP contribution in [0.1, 0.15) is 68.2 Å². The molecule has 0 aliphatic carbocycles. The van der Waals surface area contributed by atoms with Crippen LogP contribution in [0.4, 0.5) is 0 Å². The summed E-state index contributed by atoms with van der Waals surface area (Å²) in [5.41, 5.74) is 2.96. The first kappa shape index (κ1) is 19.2. The van der Waals surface area contributed by atoms with E-state index in [1.807, 2.05) is 0 Å². The molecule has 0 aliphatic rings. The van der Waals surface area contributed by atoms with Gasteiger partial charge in [-0.05, 0) is 55.9 Å². The summed E-state index contributed by atoms with van der Waals surface area (Å²) >= 11 is 0. The van der Waals surface area contributed by atoms with Crippen LogP contribution in [0, 0.1) is 23.7 Å². The van der Waals surface area contributed by atoms with Crippen LogP contribution < -0.4 is 0 Å². The molecule has 0 aliphatic heterocycles. The minimum Gasteiger partial charge on any atom is -0.0820 e. The van der Waals surface area contributed by atoms with Crippen LogP contribution in [-0.4, -0.2) is 0 Å². The highest BCUT2D eigenvalue weighted by atomic mass is 14.2. The molecule has 1 atom stereocenters. The third-order valence-electron chi connectivity index (χ3n) is 3.75. The molecule has 0 N–H and O–H groups in total. The van der Waals surface area contributed by atoms with Gasteiger partial charge in [-0.3, -0.25) is 0 Å². The van der Waals surface area contributed by atoms with Crippen molar-refractivity contribution in [2.45, 2.75) is 68.2 Å². The Kier molecular flexibility index (Phi) is 9.63. The molecule has 0 nitrogen and oxygen atoms in total. The number of rotatable bonds is 8. The Bertz CT molecular complexity index is 333. The third-order valence-corrected chi connectivity index (χ3v) is 3.75. The first-order valence-corrected chi connectivity index (χ1v) is 8.25. The lowest BCUT2D eigenvalue weighted by atomic mass is 9.82. The molecule has 20 heavy (non-hydrogen) atoms. The van der Waals surface area contributed by atoms with Gasteiger partial charge in [-0.15, -0.1) is 0 Å². The average molecular weight is 277 g/mol. The number of hydrogen-bond donors (Lipinski definition) is 0. The van der Waals surface area contributed by atoms with Gasteiger partial charge < -0.3 is 0 Å². The lowest BCUT2D eigenvalue weighted by Crippen LogP contribution is -2.12. The lowest BCUT2D eigenvalue weighted by Gasteiger charge is -2.24. The van der Waals surface area contributed by atoms with Gasteiger partial charge in [0.2, 0.25) is 0 Å². The summed E-state index contributed by atoms with van der Waals surface area (Å²) < 4.78 is 0. The van der Waals surface area contributed by atoms with Gasteiger partial charge in [0.25, 0.3) is 0 Å². The van der Waals surface area contributed by atoms with E-state index >= 15 is 0 Å². The van der Waals surface area contributed by atoms with E-state index in [0.717, 1.165) is 17.8 Å². The van der Waals surface area contributed by atoms with E-state index in [4.69, 9.17) is 0 Å². The van der Waals surface area contributed by atoms with E-state index in [2.05, 4.69) is 79.7 Å². The Hall–Kier alpha value is -0.780. The fourth-order valence-corrected chi connectivity index (χ4v) is 2.38. The quantitative estimate of drug-likeness (QED) is 0.428. The third kappa shape index (κ3) is 9.18. The van der Waals surface area contributed by atoms with Gasteiger partial charge in [-0.2, -0.15) is 0 Å². The number of allylic oxidation sites excluding steroid dienone is 6. The van der Waals surface area contributed by atoms with Crippen molar-refractivity contribution in [3.05, 3.63) is 35.5 Å². The van der Waals surface area contributed by atoms with Crippen molar-refractivity contribution < 1.29 is 0 Å². The Labute approximate surface area is 128 Å². The summed E-state index contributed by atoms with van der Waals surface area (Å²) in [5.74, 6) is 2.95. The second-order valence-electron chi connectivity index (χ2n) is 7.35. The van der Waals surface area contributed by atoms with Gasteiger partial charge in [0.15, 0.2) is 0 Å². The van der Waals surface area contributed by atoms with Gasteiger partial charge in [0.1, 0.15) is 0 Å². The molecule has 1 unspecified atom stereocenters. The molecular formula is C20H36. The maximum atomic E-state index is 2.36. The summed E-state index contributed by atoms with van der Waals surface area (Å²) in [5, 5.41) is 0. The zero-order valence-corrected chi connectivity index (χ0v) is 15.0. The minimum atomic E-state index is 0.624. The fraction of sp³-hybridized carbons (Fsp3) is 0.700. The van der Waals surface area contributed by atoms with Crippen LogP contribution in [0.3, 0.4) is 0 Å². The van der Waals surface area contributed by atoms with E-state index in [1.54, 1.807) is 0 Å². The van der Waals surface area contributed by atoms with Crippen LogP contribution in [0.15, 0.2) is 35.5 Å². The van der Waals surface area contributed by atoms with Crippen molar-refractivity contribution in [2.75, 3.05) is 0 Å². The Morgan fingerprint density at radius 1 is 0.900 bits per heavy atom. The van der Waals surface area contributed by atoms with Gasteiger partial charge in [-0.1, -0.05) is 71.4 Å². The minimum absolute atomic E-state index is 0.624. The predicted octanol–water partition coefficient (Wildman–Crippen LogP) is 6.80. The molecule has 0 amide bonds. The van der Waals surface area contributed by atoms with E-state index < -0.39 is 0 Å². The predicted molar refractivity (Wildman–Crippen MR) is 93.9 cm³/mol. The van der Waals surface area contributed by atoms with E-state index in [-0.39, 0.29) is 0 Å². The number of hydrogen-bond acceptors (Lipinski definition) is 0. The van der Waals surface area contributed by atoms with Gasteiger partial charge >= 0.3 is 0 Å². The van der Waals surface area contributed by atoms with Crippen LogP contribution in [-0.2, 0) is 0 Å². The highest BCUT2D eigenvalue weighted by molar-refractivity contribution is 5.26. The molecule has 0 saturated heterocycles. The molecule has 0 rings (SSSR count). The summed E-state index contributed by atoms with van der Waals surface area (Å²) in [7, 11) is 0. The second-order valence-corrected chi connectivity index (χ2v) is 7.35. The van der Waals surface area contributed by atoms with E-state index in [9.17, 15) is 0 Å². The molecule has 0 aromatic carbocycles. The van der Waals surface area contributed by atoms with Crippen LogP contribution in [0.2, 0.25) is 0 Å². The molecule has 0 radical (unpaired) electrons. The second kappa shape index (κ2) is 10.0. The van der Waals surface area contributed by atoms with Crippen LogP contribution in [0.25, 0.3) is 0 Å². The van der Waals surface area contributed by atoms with Crippen molar-refractivity contribution in [3.8, 4) is 0 Å². The molecule has 0 spiro atoms. The van der Waals surface area contributed by atoms with Crippen molar-refractivity contribution >= 4 is 0 Å². The zero-order chi connectivity index (χ0) is 15.7. The van der Waals surface area contributed by atoms with Gasteiger partial charge in [-0.25, -0.2) is 0 Å². The molecule has 0 saturated carbocycles. The smallest absolute Gasteiger partial charge is 0.0248 e. The lowest BCUT2D eigenvalue weighted by molar-refractivity contribution is 0.316. The van der Waals surface area contributed by atoms with Crippen molar-refractivity contribution in [2.24, 2.45) is 23.7 Å². The summed E-state index contributed by atoms with van der Waals surface area (Å²) in [6.07, 6.45) is 11.5. The fourth-order valence-electron chi connectivity index (χ4n) is 2.38. The summed E-state index contributed by atoms with van der Waals surface area (Å²) in [6.45, 7) is 18.3. The maximum Gasteiger partial charge on any atom is -0.0248 e. The molecule has 0 fully saturated rings. The van der Waals surface area contributed by atoms with E-state index in [0.29, 0.717) is 5.92 Å². The SMILES string of the molecule is CC(C)=C(/C=C\C=C/C(C)C)CC(CC(C)C)C(C)C. The van der Waals surface area contributed by atoms with Crippen molar-refractivity contribution in [1.82, 2.24) is 0 Å². The first-order chi connectivity index (χ1) is 9.23. The topological polar surface area (TPSA) is 0 Å². The monoisotopic (exact) mass is 276 g/mol. The average Bonchev–Trinajstić information content (AvgIpc) is 2.30. The van der Waals surface area contributed by atoms with Crippen LogP contribution >= 0.6 is 0 Å². The molecule has 0 bridgehead atoms. The maximum absolute atomic E-state index is 2.36. The van der Waals surface area contributed by atoms with E-state index in [1.165, 1.54) is 24.0 Å².